The first-order valence-electron chi connectivity index (χ1n) is 10.6. The van der Waals surface area contributed by atoms with Crippen molar-refractivity contribution >= 4 is 57.3 Å². The van der Waals surface area contributed by atoms with E-state index in [1.165, 1.54) is 0 Å². The molecule has 33 heavy (non-hydrogen) atoms. The Morgan fingerprint density at radius 3 is 2.42 bits per heavy atom. The van der Waals surface area contributed by atoms with Crippen molar-refractivity contribution in [2.45, 2.75) is 6.04 Å². The van der Waals surface area contributed by atoms with Crippen molar-refractivity contribution in [3.8, 4) is 0 Å². The first kappa shape index (κ1) is 22.0. The molecule has 2 heterocycles. The second-order valence-corrected chi connectivity index (χ2v) is 9.30. The summed E-state index contributed by atoms with van der Waals surface area (Å²) in [6.45, 7) is 1.70. The molecule has 0 saturated carbocycles. The van der Waals surface area contributed by atoms with Gasteiger partial charge in [0.2, 0.25) is 0 Å². The van der Waals surface area contributed by atoms with Crippen LogP contribution in [0.1, 0.15) is 22.0 Å². The highest BCUT2D eigenvalue weighted by molar-refractivity contribution is 6.36. The van der Waals surface area contributed by atoms with Gasteiger partial charge in [-0.1, -0.05) is 65.1 Å². The highest BCUT2D eigenvalue weighted by Crippen LogP contribution is 2.37. The SMILES string of the molecule is O=C(c1cnc2ccccc2c1)N1CCN(c2ccc(Cl)cc2Cl)C(c2ccc(Cl)cc2)C1. The number of hydrogen-bond donors (Lipinski definition) is 0. The molecule has 1 atom stereocenters. The number of nitrogens with zero attached hydrogens (tertiary/aromatic N) is 3. The van der Waals surface area contributed by atoms with Gasteiger partial charge >= 0.3 is 0 Å². The predicted octanol–water partition coefficient (Wildman–Crippen LogP) is 6.90. The van der Waals surface area contributed by atoms with Crippen LogP contribution in [0.2, 0.25) is 15.1 Å². The van der Waals surface area contributed by atoms with Gasteiger partial charge in [-0.25, -0.2) is 0 Å². The topological polar surface area (TPSA) is 36.4 Å². The number of carbonyl (C=O) groups is 1. The van der Waals surface area contributed by atoms with Crippen molar-refractivity contribution in [3.63, 3.8) is 0 Å². The molecule has 3 aromatic carbocycles. The van der Waals surface area contributed by atoms with Crippen LogP contribution in [0.4, 0.5) is 5.69 Å². The zero-order chi connectivity index (χ0) is 22.9. The molecule has 1 aromatic heterocycles. The van der Waals surface area contributed by atoms with E-state index in [1.807, 2.05) is 71.6 Å². The zero-order valence-corrected chi connectivity index (χ0v) is 19.9. The summed E-state index contributed by atoms with van der Waals surface area (Å²) < 4.78 is 0. The van der Waals surface area contributed by atoms with Crippen LogP contribution in [0.15, 0.2) is 79.0 Å². The summed E-state index contributed by atoms with van der Waals surface area (Å²) >= 11 is 18.8. The molecule has 4 aromatic rings. The summed E-state index contributed by atoms with van der Waals surface area (Å²) in [5.41, 5.74) is 3.40. The van der Waals surface area contributed by atoms with E-state index in [0.29, 0.717) is 40.3 Å². The molecule has 1 saturated heterocycles. The minimum atomic E-state index is -0.0907. The van der Waals surface area contributed by atoms with Crippen LogP contribution >= 0.6 is 34.8 Å². The van der Waals surface area contributed by atoms with Crippen molar-refractivity contribution in [2.24, 2.45) is 0 Å². The molecule has 0 spiro atoms. The number of amides is 1. The van der Waals surface area contributed by atoms with Gasteiger partial charge in [-0.15, -0.1) is 0 Å². The summed E-state index contributed by atoms with van der Waals surface area (Å²) in [4.78, 5) is 22.0. The zero-order valence-electron chi connectivity index (χ0n) is 17.6. The van der Waals surface area contributed by atoms with Gasteiger partial charge < -0.3 is 9.80 Å². The maximum Gasteiger partial charge on any atom is 0.255 e. The number of para-hydroxylation sites is 1. The van der Waals surface area contributed by atoms with Crippen molar-refractivity contribution < 1.29 is 4.79 Å². The highest BCUT2D eigenvalue weighted by Gasteiger charge is 2.32. The fourth-order valence-corrected chi connectivity index (χ4v) is 4.95. The van der Waals surface area contributed by atoms with Gasteiger partial charge in [-0.3, -0.25) is 9.78 Å². The molecule has 1 aliphatic rings. The van der Waals surface area contributed by atoms with Crippen molar-refractivity contribution in [1.82, 2.24) is 9.88 Å². The van der Waals surface area contributed by atoms with E-state index in [9.17, 15) is 4.79 Å². The first-order chi connectivity index (χ1) is 16.0. The van der Waals surface area contributed by atoms with Crippen molar-refractivity contribution in [1.29, 1.82) is 0 Å². The average Bonchev–Trinajstić information content (AvgIpc) is 2.84. The third-order valence-electron chi connectivity index (χ3n) is 5.98. The highest BCUT2D eigenvalue weighted by atomic mass is 35.5. The number of fused-ring (bicyclic) bond motifs is 1. The molecular formula is C26H20Cl3N3O. The van der Waals surface area contributed by atoms with Crippen LogP contribution in [-0.2, 0) is 0 Å². The second kappa shape index (κ2) is 9.22. The van der Waals surface area contributed by atoms with E-state index in [4.69, 9.17) is 34.8 Å². The van der Waals surface area contributed by atoms with Crippen molar-refractivity contribution in [2.75, 3.05) is 24.5 Å². The van der Waals surface area contributed by atoms with E-state index in [1.54, 1.807) is 12.3 Å². The Labute approximate surface area is 207 Å². The monoisotopic (exact) mass is 495 g/mol. The third-order valence-corrected chi connectivity index (χ3v) is 6.77. The molecule has 0 radical (unpaired) electrons. The summed E-state index contributed by atoms with van der Waals surface area (Å²) in [7, 11) is 0. The molecule has 7 heteroatoms. The quantitative estimate of drug-likeness (QED) is 0.309. The third kappa shape index (κ3) is 4.51. The Morgan fingerprint density at radius 1 is 0.879 bits per heavy atom. The first-order valence-corrected chi connectivity index (χ1v) is 11.7. The molecule has 5 rings (SSSR count). The normalized spacial score (nSPS) is 16.3. The molecule has 0 N–H and O–H groups in total. The van der Waals surface area contributed by atoms with Gasteiger partial charge in [-0.05, 0) is 48.0 Å². The number of anilines is 1. The van der Waals surface area contributed by atoms with Crippen LogP contribution in [0.3, 0.4) is 0 Å². The number of halogens is 3. The minimum Gasteiger partial charge on any atom is -0.360 e. The van der Waals surface area contributed by atoms with Crippen LogP contribution in [0, 0.1) is 0 Å². The lowest BCUT2D eigenvalue weighted by Crippen LogP contribution is -2.50. The Morgan fingerprint density at radius 2 is 1.64 bits per heavy atom. The number of benzene rings is 3. The smallest absolute Gasteiger partial charge is 0.255 e. The van der Waals surface area contributed by atoms with E-state index in [0.717, 1.165) is 22.2 Å². The average molecular weight is 497 g/mol. The number of aromatic nitrogens is 1. The van der Waals surface area contributed by atoms with E-state index < -0.39 is 0 Å². The summed E-state index contributed by atoms with van der Waals surface area (Å²) in [5.74, 6) is -0.0333. The van der Waals surface area contributed by atoms with Crippen LogP contribution in [0.25, 0.3) is 10.9 Å². The molecule has 1 unspecified atom stereocenters. The summed E-state index contributed by atoms with van der Waals surface area (Å²) in [5, 5.41) is 2.79. The second-order valence-electron chi connectivity index (χ2n) is 8.02. The summed E-state index contributed by atoms with van der Waals surface area (Å²) in [6.07, 6.45) is 1.66. The fraction of sp³-hybridized carbons (Fsp3) is 0.154. The number of pyridine rings is 1. The lowest BCUT2D eigenvalue weighted by atomic mass is 10.0. The Hall–Kier alpha value is -2.79. The Kier molecular flexibility index (Phi) is 6.15. The molecule has 4 nitrogen and oxygen atoms in total. The Bertz CT molecular complexity index is 1330. The Balaban J connectivity index is 1.48. The summed E-state index contributed by atoms with van der Waals surface area (Å²) in [6, 6.07) is 22.8. The molecule has 0 aliphatic carbocycles. The van der Waals surface area contributed by atoms with Gasteiger partial charge in [0, 0.05) is 41.3 Å². The lowest BCUT2D eigenvalue weighted by Gasteiger charge is -2.43. The molecule has 1 fully saturated rings. The van der Waals surface area contributed by atoms with E-state index >= 15 is 0 Å². The molecule has 1 aliphatic heterocycles. The van der Waals surface area contributed by atoms with Crippen molar-refractivity contribution in [3.05, 3.63) is 105 Å². The predicted molar refractivity (Wildman–Crippen MR) is 136 cm³/mol. The largest absolute Gasteiger partial charge is 0.360 e. The maximum absolute atomic E-state index is 13.4. The number of carbonyl (C=O) groups excluding carboxylic acids is 1. The number of rotatable bonds is 3. The molecular weight excluding hydrogens is 477 g/mol. The molecule has 0 bridgehead atoms. The molecule has 166 valence electrons. The van der Waals surface area contributed by atoms with Gasteiger partial charge in [0.05, 0.1) is 27.8 Å². The number of hydrogen-bond acceptors (Lipinski definition) is 3. The van der Waals surface area contributed by atoms with E-state index in [-0.39, 0.29) is 11.9 Å². The van der Waals surface area contributed by atoms with Gasteiger partial charge in [0.1, 0.15) is 0 Å². The van der Waals surface area contributed by atoms with Crippen LogP contribution in [0.5, 0.6) is 0 Å². The standard InChI is InChI=1S/C26H20Cl3N3O/c27-20-7-5-17(6-8-20)25-16-31(11-12-32(25)24-10-9-21(28)14-22(24)29)26(33)19-13-18-3-1-2-4-23(18)30-15-19/h1-10,13-15,25H,11-12,16H2. The van der Waals surface area contributed by atoms with Crippen LogP contribution in [-0.4, -0.2) is 35.4 Å². The lowest BCUT2D eigenvalue weighted by molar-refractivity contribution is 0.0721. The van der Waals surface area contributed by atoms with Gasteiger partial charge in [0.25, 0.3) is 5.91 Å². The minimum absolute atomic E-state index is 0.0333. The maximum atomic E-state index is 13.4. The molecule has 1 amide bonds. The van der Waals surface area contributed by atoms with Crippen LogP contribution < -0.4 is 4.90 Å². The van der Waals surface area contributed by atoms with Gasteiger partial charge in [-0.2, -0.15) is 0 Å². The van der Waals surface area contributed by atoms with Gasteiger partial charge in [0.15, 0.2) is 0 Å². The number of piperazine rings is 1. The van der Waals surface area contributed by atoms with E-state index in [2.05, 4.69) is 9.88 Å². The fourth-order valence-electron chi connectivity index (χ4n) is 4.31.